The van der Waals surface area contributed by atoms with Crippen molar-refractivity contribution in [1.82, 2.24) is 0 Å². The van der Waals surface area contributed by atoms with E-state index in [1.165, 1.54) is 12.8 Å². The molecule has 0 aromatic heterocycles. The Hall–Kier alpha value is -1.40. The molecule has 1 heterocycles. The Morgan fingerprint density at radius 2 is 2.33 bits per heavy atom. The van der Waals surface area contributed by atoms with Crippen LogP contribution in [0.3, 0.4) is 0 Å². The molecule has 0 amide bonds. The predicted molar refractivity (Wildman–Crippen MR) is 73.2 cm³/mol. The number of methoxy groups -OCH3 is 1. The Bertz CT molecular complexity index is 456. The average molecular weight is 265 g/mol. The minimum Gasteiger partial charge on any atom is -0.495 e. The lowest BCUT2D eigenvalue weighted by molar-refractivity contribution is 0.414. The highest BCUT2D eigenvalue weighted by atomic mass is 35.5. The van der Waals surface area contributed by atoms with Gasteiger partial charge in [0, 0.05) is 18.3 Å². The summed E-state index contributed by atoms with van der Waals surface area (Å²) in [5, 5.41) is 9.52. The summed E-state index contributed by atoms with van der Waals surface area (Å²) in [4.78, 5) is 2.29. The largest absolute Gasteiger partial charge is 0.495 e. The van der Waals surface area contributed by atoms with Gasteiger partial charge in [-0.05, 0) is 37.5 Å². The lowest BCUT2D eigenvalue weighted by Crippen LogP contribution is -2.39. The van der Waals surface area contributed by atoms with Gasteiger partial charge in [-0.3, -0.25) is 0 Å². The lowest BCUT2D eigenvalue weighted by Gasteiger charge is -2.36. The van der Waals surface area contributed by atoms with Gasteiger partial charge >= 0.3 is 0 Å². The first-order chi connectivity index (χ1) is 8.76. The molecule has 0 radical (unpaired) electrons. The molecule has 3 nitrogen and oxygen atoms in total. The van der Waals surface area contributed by atoms with Gasteiger partial charge in [0.1, 0.15) is 5.75 Å². The number of nitrogens with zero attached hydrogens (tertiary/aromatic N) is 2. The van der Waals surface area contributed by atoms with Crippen molar-refractivity contribution in [3.63, 3.8) is 0 Å². The molecule has 1 aromatic carbocycles. The van der Waals surface area contributed by atoms with Crippen molar-refractivity contribution < 1.29 is 4.74 Å². The van der Waals surface area contributed by atoms with Crippen molar-refractivity contribution >= 4 is 17.3 Å². The fraction of sp³-hybridized carbons (Fsp3) is 0.500. The third kappa shape index (κ3) is 2.70. The molecule has 4 heteroatoms. The quantitative estimate of drug-likeness (QED) is 0.837. The van der Waals surface area contributed by atoms with E-state index < -0.39 is 0 Å². The Balaban J connectivity index is 2.23. The monoisotopic (exact) mass is 264 g/mol. The first kappa shape index (κ1) is 13.0. The third-order valence-corrected chi connectivity index (χ3v) is 3.72. The number of rotatable bonds is 3. The molecule has 1 aliphatic heterocycles. The van der Waals surface area contributed by atoms with Crippen LogP contribution in [0.2, 0.25) is 5.02 Å². The van der Waals surface area contributed by atoms with E-state index in [1.54, 1.807) is 7.11 Å². The molecule has 0 N–H and O–H groups in total. The molecule has 1 fully saturated rings. The molecule has 0 aliphatic carbocycles. The Morgan fingerprint density at radius 3 is 3.00 bits per heavy atom. The lowest BCUT2D eigenvalue weighted by atomic mass is 9.99. The molecule has 96 valence electrons. The predicted octanol–water partition coefficient (Wildman–Crippen LogP) is 3.62. The summed E-state index contributed by atoms with van der Waals surface area (Å²) in [7, 11) is 1.61. The topological polar surface area (TPSA) is 36.3 Å². The molecule has 1 aliphatic rings. The maximum absolute atomic E-state index is 8.90. The van der Waals surface area contributed by atoms with Gasteiger partial charge in [0.2, 0.25) is 0 Å². The van der Waals surface area contributed by atoms with E-state index in [1.807, 2.05) is 18.2 Å². The molecule has 0 spiro atoms. The number of anilines is 1. The minimum absolute atomic E-state index is 0.313. The van der Waals surface area contributed by atoms with Crippen LogP contribution >= 0.6 is 11.6 Å². The Labute approximate surface area is 113 Å². The van der Waals surface area contributed by atoms with Crippen molar-refractivity contribution in [3.8, 4) is 11.8 Å². The van der Waals surface area contributed by atoms with Crippen LogP contribution < -0.4 is 9.64 Å². The van der Waals surface area contributed by atoms with Crippen molar-refractivity contribution in [2.75, 3.05) is 18.6 Å². The van der Waals surface area contributed by atoms with Gasteiger partial charge in [0.05, 0.1) is 24.6 Å². The Kier molecular flexibility index (Phi) is 4.33. The van der Waals surface area contributed by atoms with E-state index in [2.05, 4.69) is 11.0 Å². The number of ether oxygens (including phenoxy) is 1. The molecule has 0 saturated carbocycles. The maximum Gasteiger partial charge on any atom is 0.137 e. The highest BCUT2D eigenvalue weighted by molar-refractivity contribution is 6.32. The molecule has 1 unspecified atom stereocenters. The number of piperidine rings is 1. The zero-order chi connectivity index (χ0) is 13.0. The molecule has 1 saturated heterocycles. The van der Waals surface area contributed by atoms with Crippen LogP contribution in [0.4, 0.5) is 5.69 Å². The fourth-order valence-corrected chi connectivity index (χ4v) is 2.74. The normalized spacial score (nSPS) is 19.4. The summed E-state index contributed by atoms with van der Waals surface area (Å²) < 4.78 is 5.16. The first-order valence-corrected chi connectivity index (χ1v) is 6.61. The van der Waals surface area contributed by atoms with Crippen LogP contribution in [0.1, 0.15) is 25.7 Å². The fourth-order valence-electron chi connectivity index (χ4n) is 2.49. The van der Waals surface area contributed by atoms with Gasteiger partial charge in [-0.2, -0.15) is 5.26 Å². The number of nitriles is 1. The van der Waals surface area contributed by atoms with Gasteiger partial charge in [0.15, 0.2) is 0 Å². The van der Waals surface area contributed by atoms with E-state index in [9.17, 15) is 0 Å². The van der Waals surface area contributed by atoms with Crippen LogP contribution in [0, 0.1) is 11.3 Å². The highest BCUT2D eigenvalue weighted by Gasteiger charge is 2.22. The van der Waals surface area contributed by atoms with Crippen molar-refractivity contribution in [2.45, 2.75) is 31.7 Å². The number of hydrogen-bond donors (Lipinski definition) is 0. The van der Waals surface area contributed by atoms with Crippen molar-refractivity contribution in [1.29, 1.82) is 5.26 Å². The molecule has 18 heavy (non-hydrogen) atoms. The van der Waals surface area contributed by atoms with E-state index in [0.717, 1.165) is 18.7 Å². The van der Waals surface area contributed by atoms with Crippen LogP contribution in [0.15, 0.2) is 18.2 Å². The zero-order valence-corrected chi connectivity index (χ0v) is 11.3. The van der Waals surface area contributed by atoms with Crippen LogP contribution in [0.5, 0.6) is 5.75 Å². The number of benzene rings is 1. The second-order valence-electron chi connectivity index (χ2n) is 4.52. The summed E-state index contributed by atoms with van der Waals surface area (Å²) in [6.45, 7) is 0.995. The second-order valence-corrected chi connectivity index (χ2v) is 4.93. The van der Waals surface area contributed by atoms with Gasteiger partial charge in [-0.15, -0.1) is 0 Å². The summed E-state index contributed by atoms with van der Waals surface area (Å²) in [5.41, 5.74) is 1.08. The zero-order valence-electron chi connectivity index (χ0n) is 10.5. The van der Waals surface area contributed by atoms with Gasteiger partial charge < -0.3 is 9.64 Å². The summed E-state index contributed by atoms with van der Waals surface area (Å²) in [6.07, 6.45) is 4.03. The van der Waals surface area contributed by atoms with Gasteiger partial charge in [0.25, 0.3) is 0 Å². The smallest absolute Gasteiger partial charge is 0.137 e. The molecule has 0 bridgehead atoms. The highest BCUT2D eigenvalue weighted by Crippen LogP contribution is 2.32. The average Bonchev–Trinajstić information content (AvgIpc) is 2.40. The minimum atomic E-state index is 0.313. The number of hydrogen-bond acceptors (Lipinski definition) is 3. The standard InChI is InChI=1S/C14H17ClN2O/c1-18-14-6-5-12(10-13(14)15)17-9-3-2-4-11(17)7-8-16/h5-6,10-11H,2-4,7,9H2,1H3. The summed E-state index contributed by atoms with van der Waals surface area (Å²) >= 11 is 6.16. The van der Waals surface area contributed by atoms with E-state index in [4.69, 9.17) is 21.6 Å². The number of halogens is 1. The molecule has 2 rings (SSSR count). The molecular formula is C14H17ClN2O. The maximum atomic E-state index is 8.90. The van der Waals surface area contributed by atoms with Crippen molar-refractivity contribution in [3.05, 3.63) is 23.2 Å². The second kappa shape index (κ2) is 5.97. The van der Waals surface area contributed by atoms with E-state index in [-0.39, 0.29) is 0 Å². The van der Waals surface area contributed by atoms with Crippen LogP contribution in [-0.2, 0) is 0 Å². The van der Waals surface area contributed by atoms with Gasteiger partial charge in [-0.25, -0.2) is 0 Å². The SMILES string of the molecule is COc1ccc(N2CCCCC2CC#N)cc1Cl. The first-order valence-electron chi connectivity index (χ1n) is 6.23. The van der Waals surface area contributed by atoms with Crippen LogP contribution in [0.25, 0.3) is 0 Å². The van der Waals surface area contributed by atoms with Gasteiger partial charge in [-0.1, -0.05) is 11.6 Å². The third-order valence-electron chi connectivity index (χ3n) is 3.42. The van der Waals surface area contributed by atoms with E-state index >= 15 is 0 Å². The summed E-state index contributed by atoms with van der Waals surface area (Å²) in [5.74, 6) is 0.689. The summed E-state index contributed by atoms with van der Waals surface area (Å²) in [6, 6.07) is 8.41. The molecular weight excluding hydrogens is 248 g/mol. The Morgan fingerprint density at radius 1 is 1.50 bits per heavy atom. The van der Waals surface area contributed by atoms with Crippen molar-refractivity contribution in [2.24, 2.45) is 0 Å². The molecule has 1 aromatic rings. The van der Waals surface area contributed by atoms with Crippen LogP contribution in [-0.4, -0.2) is 19.7 Å². The van der Waals surface area contributed by atoms with E-state index in [0.29, 0.717) is 23.2 Å². The molecule has 1 atom stereocenters.